The van der Waals surface area contributed by atoms with Crippen molar-refractivity contribution in [2.45, 2.75) is 6.61 Å². The van der Waals surface area contributed by atoms with Crippen LogP contribution in [0.3, 0.4) is 0 Å². The second kappa shape index (κ2) is 9.39. The molecular weight excluding hydrogens is 296 g/mol. The van der Waals surface area contributed by atoms with E-state index in [0.29, 0.717) is 26.3 Å². The van der Waals surface area contributed by atoms with Gasteiger partial charge in [-0.15, -0.1) is 0 Å². The number of hydroxylamine groups is 1. The van der Waals surface area contributed by atoms with Crippen molar-refractivity contribution in [2.75, 3.05) is 19.7 Å². The zero-order valence-corrected chi connectivity index (χ0v) is 12.7. The van der Waals surface area contributed by atoms with Gasteiger partial charge in [-0.05, 0) is 11.6 Å². The van der Waals surface area contributed by atoms with E-state index in [-0.39, 0.29) is 0 Å². The number of amides is 1. The Morgan fingerprint density at radius 3 is 2.91 bits per heavy atom. The lowest BCUT2D eigenvalue weighted by Crippen LogP contribution is -2.36. The van der Waals surface area contributed by atoms with E-state index in [0.717, 1.165) is 17.1 Å². The Balaban J connectivity index is 1.66. The van der Waals surface area contributed by atoms with Gasteiger partial charge in [-0.25, -0.2) is 5.48 Å². The van der Waals surface area contributed by atoms with Crippen LogP contribution in [-0.4, -0.2) is 36.6 Å². The minimum Gasteiger partial charge on any atom is -0.377 e. The molecule has 1 aromatic carbocycles. The Hall–Kier alpha value is -2.64. The molecule has 0 saturated heterocycles. The van der Waals surface area contributed by atoms with E-state index in [4.69, 9.17) is 9.94 Å². The molecule has 1 heterocycles. The zero-order chi connectivity index (χ0) is 16.3. The van der Waals surface area contributed by atoms with Crippen LogP contribution in [0.2, 0.25) is 0 Å². The first-order valence-electron chi connectivity index (χ1n) is 7.25. The number of benzene rings is 1. The highest BCUT2D eigenvalue weighted by molar-refractivity contribution is 5.88. The summed E-state index contributed by atoms with van der Waals surface area (Å²) in [5.74, 6) is 0.222. The van der Waals surface area contributed by atoms with Crippen LogP contribution in [0.4, 0.5) is 0 Å². The first-order valence-corrected chi connectivity index (χ1v) is 7.25. The summed E-state index contributed by atoms with van der Waals surface area (Å²) in [6, 6.07) is 9.99. The largest absolute Gasteiger partial charge is 0.377 e. The van der Waals surface area contributed by atoms with Crippen molar-refractivity contribution < 1.29 is 14.7 Å². The summed E-state index contributed by atoms with van der Waals surface area (Å²) in [6.45, 7) is 2.24. The standard InChI is InChI=1S/C16H20N4O3/c21-16(20-22)7-6-14-10-19-15(11-18-14)17-8-9-23-12-13-4-2-1-3-5-13/h1-7,10,18,22H,8-9,11-12H2,(H,17,19)(H,20,21)/b7-6+. The molecule has 7 heteroatoms. The van der Waals surface area contributed by atoms with Crippen LogP contribution in [-0.2, 0) is 16.1 Å². The predicted molar refractivity (Wildman–Crippen MR) is 86.7 cm³/mol. The number of hydrogen-bond donors (Lipinski definition) is 4. The van der Waals surface area contributed by atoms with Gasteiger partial charge in [0.25, 0.3) is 5.91 Å². The molecule has 7 nitrogen and oxygen atoms in total. The van der Waals surface area contributed by atoms with Gasteiger partial charge in [-0.1, -0.05) is 30.3 Å². The van der Waals surface area contributed by atoms with E-state index in [1.165, 1.54) is 11.6 Å². The van der Waals surface area contributed by atoms with Gasteiger partial charge >= 0.3 is 0 Å². The van der Waals surface area contributed by atoms with E-state index in [1.807, 2.05) is 30.3 Å². The Labute approximate surface area is 134 Å². The van der Waals surface area contributed by atoms with E-state index in [1.54, 1.807) is 12.3 Å². The van der Waals surface area contributed by atoms with Crippen LogP contribution in [0, 0.1) is 0 Å². The molecule has 122 valence electrons. The summed E-state index contributed by atoms with van der Waals surface area (Å²) in [5, 5.41) is 14.5. The third kappa shape index (κ3) is 6.33. The summed E-state index contributed by atoms with van der Waals surface area (Å²) in [4.78, 5) is 15.3. The van der Waals surface area contributed by atoms with Crippen LogP contribution < -0.4 is 16.1 Å². The Bertz CT molecular complexity index is 597. The molecule has 1 amide bonds. The van der Waals surface area contributed by atoms with E-state index >= 15 is 0 Å². The second-order valence-corrected chi connectivity index (χ2v) is 4.77. The molecule has 0 aliphatic carbocycles. The van der Waals surface area contributed by atoms with Crippen molar-refractivity contribution in [3.05, 3.63) is 59.9 Å². The molecule has 4 N–H and O–H groups in total. The maximum absolute atomic E-state index is 10.9. The van der Waals surface area contributed by atoms with Gasteiger partial charge in [-0.2, -0.15) is 0 Å². The number of amidine groups is 1. The van der Waals surface area contributed by atoms with Gasteiger partial charge in [0.05, 0.1) is 32.0 Å². The molecule has 0 aromatic heterocycles. The van der Waals surface area contributed by atoms with Crippen molar-refractivity contribution in [2.24, 2.45) is 4.99 Å². The van der Waals surface area contributed by atoms with Gasteiger partial charge < -0.3 is 15.4 Å². The number of carbonyl (C=O) groups excluding carboxylic acids is 1. The fourth-order valence-corrected chi connectivity index (χ4v) is 1.87. The quantitative estimate of drug-likeness (QED) is 0.257. The highest BCUT2D eigenvalue weighted by Crippen LogP contribution is 2.00. The molecule has 0 radical (unpaired) electrons. The lowest BCUT2D eigenvalue weighted by atomic mass is 10.2. The fourth-order valence-electron chi connectivity index (χ4n) is 1.87. The number of nitrogens with one attached hydrogen (secondary N) is 3. The van der Waals surface area contributed by atoms with Crippen molar-refractivity contribution in [1.82, 2.24) is 16.1 Å². The minimum atomic E-state index is -0.581. The van der Waals surface area contributed by atoms with Crippen molar-refractivity contribution >= 4 is 11.7 Å². The fraction of sp³-hybridized carbons (Fsp3) is 0.250. The average Bonchev–Trinajstić information content (AvgIpc) is 2.61. The molecule has 1 aromatic rings. The van der Waals surface area contributed by atoms with E-state index in [9.17, 15) is 4.79 Å². The van der Waals surface area contributed by atoms with Crippen LogP contribution in [0.5, 0.6) is 0 Å². The molecule has 0 unspecified atom stereocenters. The molecule has 0 saturated carbocycles. The first kappa shape index (κ1) is 16.7. The van der Waals surface area contributed by atoms with Gasteiger partial charge in [0.15, 0.2) is 0 Å². The number of rotatable bonds is 7. The third-order valence-corrected chi connectivity index (χ3v) is 3.03. The van der Waals surface area contributed by atoms with E-state index in [2.05, 4.69) is 15.6 Å². The molecule has 0 atom stereocenters. The summed E-state index contributed by atoms with van der Waals surface area (Å²) in [6.07, 6.45) is 4.48. The van der Waals surface area contributed by atoms with E-state index < -0.39 is 5.91 Å². The number of ether oxygens (including phenoxy) is 1. The maximum atomic E-state index is 10.9. The van der Waals surface area contributed by atoms with Crippen LogP contribution in [0.25, 0.3) is 0 Å². The molecule has 23 heavy (non-hydrogen) atoms. The Morgan fingerprint density at radius 1 is 1.39 bits per heavy atom. The number of aliphatic imine (C=N–C) groups is 1. The maximum Gasteiger partial charge on any atom is 0.267 e. The molecule has 2 rings (SSSR count). The number of nitrogens with zero attached hydrogens (tertiary/aromatic N) is 1. The highest BCUT2D eigenvalue weighted by atomic mass is 16.5. The smallest absolute Gasteiger partial charge is 0.267 e. The second-order valence-electron chi connectivity index (χ2n) is 4.77. The lowest BCUT2D eigenvalue weighted by Gasteiger charge is -2.16. The molecule has 0 bridgehead atoms. The van der Waals surface area contributed by atoms with Gasteiger partial charge in [-0.3, -0.25) is 15.0 Å². The topological polar surface area (TPSA) is 95.0 Å². The Morgan fingerprint density at radius 2 is 2.22 bits per heavy atom. The van der Waals surface area contributed by atoms with Gasteiger partial charge in [0.1, 0.15) is 5.84 Å². The summed E-state index contributed by atoms with van der Waals surface area (Å²) in [5.41, 5.74) is 3.40. The number of carbonyl (C=O) groups is 1. The average molecular weight is 316 g/mol. The zero-order valence-electron chi connectivity index (χ0n) is 12.7. The summed E-state index contributed by atoms with van der Waals surface area (Å²) in [7, 11) is 0. The van der Waals surface area contributed by atoms with Crippen LogP contribution >= 0.6 is 0 Å². The molecule has 1 aliphatic rings. The normalized spacial score (nSPS) is 15.9. The van der Waals surface area contributed by atoms with Gasteiger partial charge in [0, 0.05) is 12.3 Å². The molecule has 1 aliphatic heterocycles. The van der Waals surface area contributed by atoms with Crippen molar-refractivity contribution in [3.8, 4) is 0 Å². The monoisotopic (exact) mass is 316 g/mol. The SMILES string of the molecule is O=C(/C=C/C1=CNC(=NCCOCc2ccccc2)CN1)NO. The molecule has 0 spiro atoms. The number of allylic oxidation sites excluding steroid dienone is 1. The number of hydrogen-bond acceptors (Lipinski definition) is 5. The first-order chi connectivity index (χ1) is 11.3. The van der Waals surface area contributed by atoms with Gasteiger partial charge in [0.2, 0.25) is 0 Å². The minimum absolute atomic E-state index is 0.537. The van der Waals surface area contributed by atoms with Crippen molar-refractivity contribution in [1.29, 1.82) is 0 Å². The van der Waals surface area contributed by atoms with Crippen LogP contribution in [0.15, 0.2) is 59.4 Å². The molecule has 0 fully saturated rings. The highest BCUT2D eigenvalue weighted by Gasteiger charge is 2.05. The summed E-state index contributed by atoms with van der Waals surface area (Å²) < 4.78 is 5.56. The van der Waals surface area contributed by atoms with Crippen molar-refractivity contribution in [3.63, 3.8) is 0 Å². The Kier molecular flexibility index (Phi) is 6.83. The predicted octanol–water partition coefficient (Wildman–Crippen LogP) is 0.698. The van der Waals surface area contributed by atoms with Crippen LogP contribution in [0.1, 0.15) is 5.56 Å². The summed E-state index contributed by atoms with van der Waals surface area (Å²) >= 11 is 0. The molecular formula is C16H20N4O3. The lowest BCUT2D eigenvalue weighted by molar-refractivity contribution is -0.124. The third-order valence-electron chi connectivity index (χ3n) is 3.03.